The summed E-state index contributed by atoms with van der Waals surface area (Å²) < 4.78 is 0. The van der Waals surface area contributed by atoms with Crippen molar-refractivity contribution in [2.45, 2.75) is 13.0 Å². The SMILES string of the molecule is O=C(NCC(=O)N1CCc2ccccc2C1)c1cccs1. The van der Waals surface area contributed by atoms with Crippen molar-refractivity contribution >= 4 is 23.2 Å². The number of carbonyl (C=O) groups excluding carboxylic acids is 2. The lowest BCUT2D eigenvalue weighted by Crippen LogP contribution is -2.42. The molecule has 0 unspecified atom stereocenters. The van der Waals surface area contributed by atoms with E-state index in [4.69, 9.17) is 0 Å². The van der Waals surface area contributed by atoms with E-state index in [9.17, 15) is 9.59 Å². The van der Waals surface area contributed by atoms with Crippen LogP contribution in [0.4, 0.5) is 0 Å². The summed E-state index contributed by atoms with van der Waals surface area (Å²) in [4.78, 5) is 26.5. The Morgan fingerprint density at radius 2 is 1.95 bits per heavy atom. The monoisotopic (exact) mass is 300 g/mol. The van der Waals surface area contributed by atoms with Crippen molar-refractivity contribution in [3.8, 4) is 0 Å². The molecule has 0 aliphatic carbocycles. The van der Waals surface area contributed by atoms with Crippen LogP contribution >= 0.6 is 11.3 Å². The maximum absolute atomic E-state index is 12.2. The molecular formula is C16H16N2O2S. The van der Waals surface area contributed by atoms with Gasteiger partial charge in [-0.2, -0.15) is 0 Å². The van der Waals surface area contributed by atoms with Crippen LogP contribution in [0.15, 0.2) is 41.8 Å². The molecule has 21 heavy (non-hydrogen) atoms. The normalized spacial score (nSPS) is 13.6. The molecule has 1 aliphatic rings. The van der Waals surface area contributed by atoms with Gasteiger partial charge in [0.15, 0.2) is 0 Å². The Hall–Kier alpha value is -2.14. The largest absolute Gasteiger partial charge is 0.342 e. The van der Waals surface area contributed by atoms with Gasteiger partial charge in [0.05, 0.1) is 11.4 Å². The van der Waals surface area contributed by atoms with Crippen LogP contribution < -0.4 is 5.32 Å². The molecule has 0 atom stereocenters. The molecule has 1 aromatic heterocycles. The molecule has 1 aromatic carbocycles. The first-order valence-electron chi connectivity index (χ1n) is 6.90. The first-order chi connectivity index (χ1) is 10.2. The van der Waals surface area contributed by atoms with Gasteiger partial charge in [-0.15, -0.1) is 11.3 Å². The zero-order chi connectivity index (χ0) is 14.7. The Labute approximate surface area is 127 Å². The number of hydrogen-bond acceptors (Lipinski definition) is 3. The summed E-state index contributed by atoms with van der Waals surface area (Å²) in [6, 6.07) is 11.8. The second-order valence-electron chi connectivity index (χ2n) is 4.99. The van der Waals surface area contributed by atoms with Crippen LogP contribution in [0, 0.1) is 0 Å². The van der Waals surface area contributed by atoms with Gasteiger partial charge in [0.25, 0.3) is 5.91 Å². The maximum Gasteiger partial charge on any atom is 0.261 e. The summed E-state index contributed by atoms with van der Waals surface area (Å²) in [6.07, 6.45) is 0.876. The molecule has 0 radical (unpaired) electrons. The number of rotatable bonds is 3. The van der Waals surface area contributed by atoms with Crippen LogP contribution in [0.2, 0.25) is 0 Å². The van der Waals surface area contributed by atoms with Gasteiger partial charge in [-0.3, -0.25) is 9.59 Å². The van der Waals surface area contributed by atoms with E-state index in [0.29, 0.717) is 18.0 Å². The number of fused-ring (bicyclic) bond motifs is 1. The van der Waals surface area contributed by atoms with Gasteiger partial charge in [-0.05, 0) is 29.0 Å². The van der Waals surface area contributed by atoms with E-state index in [1.165, 1.54) is 22.5 Å². The second-order valence-corrected chi connectivity index (χ2v) is 5.94. The minimum absolute atomic E-state index is 0.0330. The van der Waals surface area contributed by atoms with Gasteiger partial charge in [-0.25, -0.2) is 0 Å². The highest BCUT2D eigenvalue weighted by Gasteiger charge is 2.20. The first-order valence-corrected chi connectivity index (χ1v) is 7.78. The summed E-state index contributed by atoms with van der Waals surface area (Å²) in [7, 11) is 0. The van der Waals surface area contributed by atoms with Gasteiger partial charge in [0.1, 0.15) is 0 Å². The Kier molecular flexibility index (Phi) is 4.01. The van der Waals surface area contributed by atoms with Crippen LogP contribution in [-0.4, -0.2) is 29.8 Å². The van der Waals surface area contributed by atoms with Gasteiger partial charge >= 0.3 is 0 Å². The summed E-state index contributed by atoms with van der Waals surface area (Å²) in [5, 5.41) is 4.53. The third-order valence-corrected chi connectivity index (χ3v) is 4.50. The standard InChI is InChI=1S/C16H16N2O2S/c19-15(10-17-16(20)14-6-3-9-21-14)18-8-7-12-4-1-2-5-13(12)11-18/h1-6,9H,7-8,10-11H2,(H,17,20). The third kappa shape index (κ3) is 3.13. The molecule has 2 amide bonds. The molecule has 3 rings (SSSR count). The zero-order valence-corrected chi connectivity index (χ0v) is 12.4. The maximum atomic E-state index is 12.2. The average molecular weight is 300 g/mol. The highest BCUT2D eigenvalue weighted by atomic mass is 32.1. The van der Waals surface area contributed by atoms with Crippen molar-refractivity contribution in [1.29, 1.82) is 0 Å². The molecule has 1 aliphatic heterocycles. The van der Waals surface area contributed by atoms with E-state index < -0.39 is 0 Å². The average Bonchev–Trinajstić information content (AvgIpc) is 3.06. The Morgan fingerprint density at radius 1 is 1.14 bits per heavy atom. The quantitative estimate of drug-likeness (QED) is 0.943. The number of thiophene rings is 1. The smallest absolute Gasteiger partial charge is 0.261 e. The van der Waals surface area contributed by atoms with Crippen LogP contribution in [0.1, 0.15) is 20.8 Å². The molecule has 2 heterocycles. The predicted octanol–water partition coefficient (Wildman–Crippen LogP) is 2.06. The minimum Gasteiger partial charge on any atom is -0.342 e. The molecule has 4 nitrogen and oxygen atoms in total. The number of benzene rings is 1. The lowest BCUT2D eigenvalue weighted by Gasteiger charge is -2.28. The van der Waals surface area contributed by atoms with Crippen molar-refractivity contribution in [1.82, 2.24) is 10.2 Å². The van der Waals surface area contributed by atoms with Crippen LogP contribution in [0.3, 0.4) is 0 Å². The summed E-state index contributed by atoms with van der Waals surface area (Å²) in [5.41, 5.74) is 2.51. The number of nitrogens with one attached hydrogen (secondary N) is 1. The van der Waals surface area contributed by atoms with Gasteiger partial charge < -0.3 is 10.2 Å². The Morgan fingerprint density at radius 3 is 2.71 bits per heavy atom. The molecule has 0 bridgehead atoms. The molecule has 2 aromatic rings. The van der Waals surface area contributed by atoms with E-state index in [-0.39, 0.29) is 18.4 Å². The highest BCUT2D eigenvalue weighted by Crippen LogP contribution is 2.18. The number of amides is 2. The van der Waals surface area contributed by atoms with Crippen molar-refractivity contribution in [2.24, 2.45) is 0 Å². The van der Waals surface area contributed by atoms with Gasteiger partial charge in [-0.1, -0.05) is 30.3 Å². The summed E-state index contributed by atoms with van der Waals surface area (Å²) in [5.74, 6) is -0.217. The molecule has 0 spiro atoms. The molecule has 0 saturated heterocycles. The molecule has 0 fully saturated rings. The fourth-order valence-electron chi connectivity index (χ4n) is 2.47. The fraction of sp³-hybridized carbons (Fsp3) is 0.250. The Balaban J connectivity index is 1.56. The van der Waals surface area contributed by atoms with E-state index in [1.54, 1.807) is 11.0 Å². The van der Waals surface area contributed by atoms with E-state index in [0.717, 1.165) is 6.42 Å². The van der Waals surface area contributed by atoms with Crippen LogP contribution in [-0.2, 0) is 17.8 Å². The molecule has 5 heteroatoms. The second kappa shape index (κ2) is 6.10. The van der Waals surface area contributed by atoms with Gasteiger partial charge in [0.2, 0.25) is 5.91 Å². The zero-order valence-electron chi connectivity index (χ0n) is 11.5. The topological polar surface area (TPSA) is 49.4 Å². The first kappa shape index (κ1) is 13.8. The van der Waals surface area contributed by atoms with Crippen LogP contribution in [0.5, 0.6) is 0 Å². The van der Waals surface area contributed by atoms with Crippen molar-refractivity contribution in [3.63, 3.8) is 0 Å². The predicted molar refractivity (Wildman–Crippen MR) is 82.2 cm³/mol. The lowest BCUT2D eigenvalue weighted by molar-refractivity contribution is -0.131. The van der Waals surface area contributed by atoms with Crippen LogP contribution in [0.25, 0.3) is 0 Å². The number of nitrogens with zero attached hydrogens (tertiary/aromatic N) is 1. The molecule has 0 saturated carbocycles. The summed E-state index contributed by atoms with van der Waals surface area (Å²) >= 11 is 1.37. The fourth-order valence-corrected chi connectivity index (χ4v) is 3.11. The number of carbonyl (C=O) groups is 2. The minimum atomic E-state index is -0.184. The van der Waals surface area contributed by atoms with Crippen molar-refractivity contribution < 1.29 is 9.59 Å². The summed E-state index contributed by atoms with van der Waals surface area (Å²) in [6.45, 7) is 1.40. The molecular weight excluding hydrogens is 284 g/mol. The lowest BCUT2D eigenvalue weighted by atomic mass is 10.00. The van der Waals surface area contributed by atoms with E-state index >= 15 is 0 Å². The third-order valence-electron chi connectivity index (χ3n) is 3.63. The molecule has 1 N–H and O–H groups in total. The van der Waals surface area contributed by atoms with E-state index in [2.05, 4.69) is 17.4 Å². The Bertz CT molecular complexity index is 652. The highest BCUT2D eigenvalue weighted by molar-refractivity contribution is 7.12. The van der Waals surface area contributed by atoms with Crippen molar-refractivity contribution in [3.05, 3.63) is 57.8 Å². The van der Waals surface area contributed by atoms with Gasteiger partial charge in [0, 0.05) is 13.1 Å². The van der Waals surface area contributed by atoms with E-state index in [1.807, 2.05) is 23.6 Å². The number of hydrogen-bond donors (Lipinski definition) is 1. The van der Waals surface area contributed by atoms with Crippen molar-refractivity contribution in [2.75, 3.05) is 13.1 Å². The molecule has 108 valence electrons.